The van der Waals surface area contributed by atoms with E-state index in [1.807, 2.05) is 6.08 Å². The first-order chi connectivity index (χ1) is 22.3. The summed E-state index contributed by atoms with van der Waals surface area (Å²) in [6.07, 6.45) is 20.5. The lowest BCUT2D eigenvalue weighted by Crippen LogP contribution is -2.42. The Hall–Kier alpha value is -1.16. The minimum Gasteiger partial charge on any atom is -0.546 e. The summed E-state index contributed by atoms with van der Waals surface area (Å²) in [5.74, 6) is 1.96. The summed E-state index contributed by atoms with van der Waals surface area (Å²) < 4.78 is 26.3. The van der Waals surface area contributed by atoms with Crippen LogP contribution in [0.3, 0.4) is 0 Å². The highest BCUT2D eigenvalue weighted by atomic mass is 28.4. The highest BCUT2D eigenvalue weighted by Crippen LogP contribution is 2.46. The number of carbonyl (C=O) groups is 1. The molecule has 3 atom stereocenters. The molecule has 0 saturated heterocycles. The first-order valence-corrected chi connectivity index (χ1v) is 28.1. The number of ether oxygens (including phenoxy) is 1. The standard InChI is InChI=1S/C40H74O5Si3/c1-14-48(15-2,16-3)44-37-32-36(43-47(12,13)39(4,5)6)34(26-19-17-18-20-28-38(41)42-8)35(37)27-23-30-40(7,45-46(9,10)11)31-29-33-24-21-22-25-33/h18-19,23,27,33,35,37H,14-16,20-22,24-26,28-32H2,1-13H3. The van der Waals surface area contributed by atoms with E-state index in [1.54, 1.807) is 0 Å². The van der Waals surface area contributed by atoms with Crippen LogP contribution in [0, 0.1) is 11.8 Å². The predicted molar refractivity (Wildman–Crippen MR) is 212 cm³/mol. The maximum absolute atomic E-state index is 11.6. The second kappa shape index (κ2) is 18.9. The van der Waals surface area contributed by atoms with Crippen molar-refractivity contribution in [1.82, 2.24) is 0 Å². The summed E-state index contributed by atoms with van der Waals surface area (Å²) in [5.41, 5.74) is 4.54. The van der Waals surface area contributed by atoms with E-state index in [0.29, 0.717) is 12.8 Å². The second-order valence-electron chi connectivity index (χ2n) is 17.3. The summed E-state index contributed by atoms with van der Waals surface area (Å²) in [5, 5.41) is 0.100. The zero-order valence-electron chi connectivity index (χ0n) is 33.5. The normalized spacial score (nSPS) is 21.0. The fourth-order valence-electron chi connectivity index (χ4n) is 7.18. The Labute approximate surface area is 299 Å². The summed E-state index contributed by atoms with van der Waals surface area (Å²) in [6.45, 7) is 28.0. The molecule has 48 heavy (non-hydrogen) atoms. The fraction of sp³-hybridized carbons (Fsp3) is 0.800. The first-order valence-electron chi connectivity index (χ1n) is 19.2. The van der Waals surface area contributed by atoms with E-state index in [1.165, 1.54) is 44.8 Å². The number of methoxy groups -OCH3 is 1. The van der Waals surface area contributed by atoms with Gasteiger partial charge in [-0.3, -0.25) is 4.79 Å². The molecule has 0 aromatic heterocycles. The molecular weight excluding hydrogens is 645 g/mol. The summed E-state index contributed by atoms with van der Waals surface area (Å²) >= 11 is 0. The Kier molecular flexibility index (Phi) is 16.9. The fourth-order valence-corrected chi connectivity index (χ4v) is 12.9. The SMILES string of the molecule is CC[Si](CC)(CC)OC1CC(O[Si](C)(C)C(C)(C)C)=C(CC=C=CCCC(=O)OC)C1C=CCC(C)(CCC1CCCC1)O[Si](C)(C)C. The van der Waals surface area contributed by atoms with Gasteiger partial charge >= 0.3 is 5.97 Å². The summed E-state index contributed by atoms with van der Waals surface area (Å²) in [7, 11) is -4.26. The van der Waals surface area contributed by atoms with Gasteiger partial charge in [-0.05, 0) is 119 Å². The maximum Gasteiger partial charge on any atom is 0.305 e. The third-order valence-corrected chi connectivity index (χ3v) is 21.5. The van der Waals surface area contributed by atoms with Gasteiger partial charge in [0.15, 0.2) is 16.6 Å². The Morgan fingerprint density at radius 3 is 2.12 bits per heavy atom. The molecule has 0 heterocycles. The van der Waals surface area contributed by atoms with Crippen LogP contribution in [-0.2, 0) is 22.8 Å². The molecule has 0 aromatic carbocycles. The third kappa shape index (κ3) is 13.5. The van der Waals surface area contributed by atoms with Gasteiger partial charge in [0.25, 0.3) is 0 Å². The number of hydrogen-bond acceptors (Lipinski definition) is 5. The van der Waals surface area contributed by atoms with Crippen molar-refractivity contribution in [3.8, 4) is 0 Å². The smallest absolute Gasteiger partial charge is 0.305 e. The van der Waals surface area contributed by atoms with Gasteiger partial charge in [0.1, 0.15) is 0 Å². The first kappa shape index (κ1) is 43.0. The van der Waals surface area contributed by atoms with Gasteiger partial charge < -0.3 is 18.0 Å². The Morgan fingerprint density at radius 1 is 0.958 bits per heavy atom. The van der Waals surface area contributed by atoms with Crippen molar-refractivity contribution >= 4 is 30.9 Å². The zero-order valence-corrected chi connectivity index (χ0v) is 36.5. The Morgan fingerprint density at radius 2 is 1.58 bits per heavy atom. The van der Waals surface area contributed by atoms with Crippen molar-refractivity contribution in [2.24, 2.45) is 11.8 Å². The van der Waals surface area contributed by atoms with Crippen molar-refractivity contribution in [2.45, 2.75) is 187 Å². The molecule has 276 valence electrons. The monoisotopic (exact) mass is 718 g/mol. The zero-order chi connectivity index (χ0) is 36.2. The molecule has 0 aliphatic heterocycles. The van der Waals surface area contributed by atoms with E-state index in [-0.39, 0.29) is 28.6 Å². The molecule has 0 amide bonds. The molecule has 0 radical (unpaired) electrons. The molecule has 0 N–H and O–H groups in total. The van der Waals surface area contributed by atoms with Crippen LogP contribution in [0.15, 0.2) is 41.4 Å². The minimum absolute atomic E-state index is 0.0851. The van der Waals surface area contributed by atoms with Gasteiger partial charge in [-0.15, -0.1) is 5.73 Å². The van der Waals surface area contributed by atoms with Crippen molar-refractivity contribution in [3.63, 3.8) is 0 Å². The van der Waals surface area contributed by atoms with Crippen molar-refractivity contribution in [3.05, 3.63) is 41.4 Å². The lowest BCUT2D eigenvalue weighted by atomic mass is 9.89. The molecule has 5 nitrogen and oxygen atoms in total. The van der Waals surface area contributed by atoms with Gasteiger partial charge in [-0.25, -0.2) is 0 Å². The van der Waals surface area contributed by atoms with Crippen LogP contribution in [0.5, 0.6) is 0 Å². The average Bonchev–Trinajstić information content (AvgIpc) is 3.63. The van der Waals surface area contributed by atoms with Crippen LogP contribution in [0.2, 0.25) is 55.9 Å². The molecular formula is C40H74O5Si3. The lowest BCUT2D eigenvalue weighted by Gasteiger charge is -2.37. The quantitative estimate of drug-likeness (QED) is 0.0543. The van der Waals surface area contributed by atoms with Crippen molar-refractivity contribution in [1.29, 1.82) is 0 Å². The van der Waals surface area contributed by atoms with E-state index >= 15 is 0 Å². The summed E-state index contributed by atoms with van der Waals surface area (Å²) in [4.78, 5) is 11.6. The van der Waals surface area contributed by atoms with E-state index in [4.69, 9.17) is 18.0 Å². The predicted octanol–water partition coefficient (Wildman–Crippen LogP) is 12.3. The van der Waals surface area contributed by atoms with Gasteiger partial charge in [0.2, 0.25) is 8.32 Å². The van der Waals surface area contributed by atoms with Gasteiger partial charge in [0, 0.05) is 18.8 Å². The molecule has 2 aliphatic rings. The van der Waals surface area contributed by atoms with Crippen LogP contribution >= 0.6 is 0 Å². The highest BCUT2D eigenvalue weighted by molar-refractivity contribution is 6.74. The maximum atomic E-state index is 11.6. The van der Waals surface area contributed by atoms with Crippen LogP contribution in [-0.4, -0.2) is 49.7 Å². The average molecular weight is 719 g/mol. The number of allylic oxidation sites excluding steroid dienone is 1. The van der Waals surface area contributed by atoms with E-state index in [0.717, 1.165) is 55.5 Å². The third-order valence-electron chi connectivity index (χ3n) is 11.3. The number of esters is 1. The molecule has 0 aromatic rings. The molecule has 3 unspecified atom stereocenters. The molecule has 2 rings (SSSR count). The topological polar surface area (TPSA) is 54.0 Å². The molecule has 1 fully saturated rings. The van der Waals surface area contributed by atoms with Crippen molar-refractivity contribution < 1.29 is 22.8 Å². The molecule has 0 bridgehead atoms. The number of carbonyl (C=O) groups excluding carboxylic acids is 1. The van der Waals surface area contributed by atoms with Crippen LogP contribution in [0.1, 0.15) is 119 Å². The van der Waals surface area contributed by atoms with Gasteiger partial charge in [0.05, 0.1) is 24.6 Å². The molecule has 8 heteroatoms. The van der Waals surface area contributed by atoms with Gasteiger partial charge in [-0.2, -0.15) is 0 Å². The number of rotatable bonds is 20. The molecule has 1 saturated carbocycles. The van der Waals surface area contributed by atoms with E-state index < -0.39 is 25.0 Å². The van der Waals surface area contributed by atoms with E-state index in [9.17, 15) is 4.79 Å². The minimum atomic E-state index is -2.08. The van der Waals surface area contributed by atoms with Crippen LogP contribution in [0.4, 0.5) is 0 Å². The van der Waals surface area contributed by atoms with Crippen molar-refractivity contribution in [2.75, 3.05) is 7.11 Å². The molecule has 0 spiro atoms. The number of hydrogen-bond donors (Lipinski definition) is 0. The van der Waals surface area contributed by atoms with Crippen LogP contribution in [0.25, 0.3) is 0 Å². The molecule has 2 aliphatic carbocycles. The highest BCUT2D eigenvalue weighted by Gasteiger charge is 2.45. The Bertz CT molecular complexity index is 1120. The van der Waals surface area contributed by atoms with Crippen LogP contribution < -0.4 is 0 Å². The lowest BCUT2D eigenvalue weighted by molar-refractivity contribution is -0.140. The van der Waals surface area contributed by atoms with E-state index in [2.05, 4.69) is 105 Å². The van der Waals surface area contributed by atoms with Gasteiger partial charge in [-0.1, -0.05) is 79.4 Å². The Balaban J connectivity index is 2.52. The summed E-state index contributed by atoms with van der Waals surface area (Å²) in [6, 6.07) is 3.40. The largest absolute Gasteiger partial charge is 0.546 e. The second-order valence-corrected chi connectivity index (χ2v) is 31.2.